The molecule has 3 aliphatic rings. The molecule has 1 saturated carbocycles. The molecule has 2 aliphatic carbocycles. The molecule has 2 fully saturated rings. The molecule has 0 radical (unpaired) electrons. The highest BCUT2D eigenvalue weighted by Crippen LogP contribution is 2.30. The summed E-state index contributed by atoms with van der Waals surface area (Å²) in [5.41, 5.74) is 4.84. The first-order valence-electron chi connectivity index (χ1n) is 12.9. The Morgan fingerprint density at radius 2 is 1.97 bits per heavy atom. The Balaban J connectivity index is 1.14. The molecule has 5 rings (SSSR count). The van der Waals surface area contributed by atoms with Crippen LogP contribution in [0, 0.1) is 5.92 Å². The van der Waals surface area contributed by atoms with Crippen molar-refractivity contribution in [3.05, 3.63) is 64.7 Å². The van der Waals surface area contributed by atoms with Crippen LogP contribution in [0.25, 0.3) is 0 Å². The molecule has 5 nitrogen and oxygen atoms in total. The fourth-order valence-corrected chi connectivity index (χ4v) is 5.24. The van der Waals surface area contributed by atoms with Gasteiger partial charge in [-0.05, 0) is 98.7 Å². The summed E-state index contributed by atoms with van der Waals surface area (Å²) in [6, 6.07) is 14.7. The van der Waals surface area contributed by atoms with Crippen molar-refractivity contribution < 1.29 is 14.3 Å². The lowest BCUT2D eigenvalue weighted by atomic mass is 9.86. The largest absolute Gasteiger partial charge is 0.493 e. The number of benzene rings is 2. The molecule has 1 saturated heterocycles. The molecule has 1 amide bonds. The van der Waals surface area contributed by atoms with Crippen molar-refractivity contribution >= 4 is 5.91 Å². The fourth-order valence-electron chi connectivity index (χ4n) is 5.24. The minimum absolute atomic E-state index is 0.0114. The van der Waals surface area contributed by atoms with Gasteiger partial charge in [-0.3, -0.25) is 4.79 Å². The van der Waals surface area contributed by atoms with Crippen LogP contribution in [0.1, 0.15) is 66.1 Å². The number of rotatable bonds is 9. The number of likely N-dealkylation sites (N-methyl/N-ethyl adjacent to an activating group) is 1. The van der Waals surface area contributed by atoms with Crippen LogP contribution in [0.15, 0.2) is 42.5 Å². The van der Waals surface area contributed by atoms with Gasteiger partial charge in [-0.25, -0.2) is 0 Å². The molecule has 1 N–H and O–H groups in total. The molecule has 0 aromatic heterocycles. The number of fused-ring (bicyclic) bond motifs is 1. The van der Waals surface area contributed by atoms with Crippen LogP contribution < -0.4 is 10.1 Å². The van der Waals surface area contributed by atoms with Gasteiger partial charge in [0.2, 0.25) is 0 Å². The third-order valence-corrected chi connectivity index (χ3v) is 7.75. The van der Waals surface area contributed by atoms with Crippen LogP contribution >= 0.6 is 0 Å². The van der Waals surface area contributed by atoms with E-state index in [2.05, 4.69) is 30.4 Å². The van der Waals surface area contributed by atoms with Crippen LogP contribution in [0.2, 0.25) is 0 Å². The summed E-state index contributed by atoms with van der Waals surface area (Å²) < 4.78 is 11.7. The third-order valence-electron chi connectivity index (χ3n) is 7.75. The van der Waals surface area contributed by atoms with Crippen molar-refractivity contribution in [3.63, 3.8) is 0 Å². The number of hydrogen-bond donors (Lipinski definition) is 1. The smallest absolute Gasteiger partial charge is 0.253 e. The van der Waals surface area contributed by atoms with Gasteiger partial charge >= 0.3 is 0 Å². The number of nitrogens with one attached hydrogen (secondary N) is 1. The summed E-state index contributed by atoms with van der Waals surface area (Å²) in [7, 11) is 1.94. The number of aryl methyl sites for hydroxylation is 1. The number of amides is 1. The van der Waals surface area contributed by atoms with Gasteiger partial charge in [0, 0.05) is 38.3 Å². The van der Waals surface area contributed by atoms with E-state index in [0.717, 1.165) is 75.6 Å². The summed E-state index contributed by atoms with van der Waals surface area (Å²) in [5.74, 6) is 1.67. The molecule has 34 heavy (non-hydrogen) atoms. The average molecular weight is 463 g/mol. The Kier molecular flexibility index (Phi) is 6.94. The Morgan fingerprint density at radius 3 is 2.71 bits per heavy atom. The molecule has 0 spiro atoms. The lowest BCUT2D eigenvalue weighted by Gasteiger charge is -2.33. The molecule has 2 aromatic carbocycles. The quantitative estimate of drug-likeness (QED) is 0.584. The molecular weight excluding hydrogens is 424 g/mol. The first-order chi connectivity index (χ1) is 16.5. The number of carbonyl (C=O) groups is 1. The zero-order valence-corrected chi connectivity index (χ0v) is 20.6. The van der Waals surface area contributed by atoms with Gasteiger partial charge < -0.3 is 19.7 Å². The summed E-state index contributed by atoms with van der Waals surface area (Å²) in [6.45, 7) is 5.64. The van der Waals surface area contributed by atoms with Gasteiger partial charge in [-0.2, -0.15) is 0 Å². The molecule has 182 valence electrons. The van der Waals surface area contributed by atoms with Gasteiger partial charge in [0.15, 0.2) is 0 Å². The van der Waals surface area contributed by atoms with E-state index >= 15 is 0 Å². The summed E-state index contributed by atoms with van der Waals surface area (Å²) in [5, 5.41) is 3.58. The number of ether oxygens (including phenoxy) is 2. The average Bonchev–Trinajstić information content (AvgIpc) is 3.60. The molecule has 2 aromatic rings. The zero-order valence-electron chi connectivity index (χ0n) is 20.6. The Morgan fingerprint density at radius 1 is 1.15 bits per heavy atom. The fraction of sp³-hybridized carbons (Fsp3) is 0.552. The standard InChI is InChI=1S/C29H38N2O3/c1-29(14-3-15-34-29)20-30-18-22-6-7-25-17-26(11-8-24(25)16-22)31(2)28(32)23-9-12-27(13-10-23)33-19-21-4-5-21/h6-7,9-10,12-13,16,21,26,30H,3-5,8,11,14-15,17-20H2,1-2H3. The van der Waals surface area contributed by atoms with Crippen molar-refractivity contribution in [2.75, 3.05) is 26.8 Å². The molecule has 2 unspecified atom stereocenters. The van der Waals surface area contributed by atoms with Crippen molar-refractivity contribution in [2.45, 2.75) is 70.1 Å². The normalized spacial score (nSPS) is 24.0. The van der Waals surface area contributed by atoms with Crippen LogP contribution in [0.3, 0.4) is 0 Å². The Bertz CT molecular complexity index is 993. The third kappa shape index (κ3) is 5.64. The van der Waals surface area contributed by atoms with Crippen LogP contribution in [-0.4, -0.2) is 49.3 Å². The predicted octanol–water partition coefficient (Wildman–Crippen LogP) is 4.76. The maximum absolute atomic E-state index is 13.1. The first-order valence-corrected chi connectivity index (χ1v) is 12.9. The van der Waals surface area contributed by atoms with Gasteiger partial charge in [-0.15, -0.1) is 0 Å². The van der Waals surface area contributed by atoms with Crippen LogP contribution in [-0.2, 0) is 24.1 Å². The van der Waals surface area contributed by atoms with E-state index in [0.29, 0.717) is 0 Å². The van der Waals surface area contributed by atoms with Crippen LogP contribution in [0.5, 0.6) is 5.75 Å². The second-order valence-electron chi connectivity index (χ2n) is 10.7. The topological polar surface area (TPSA) is 50.8 Å². The molecule has 2 atom stereocenters. The lowest BCUT2D eigenvalue weighted by molar-refractivity contribution is 0.0206. The van der Waals surface area contributed by atoms with Crippen molar-refractivity contribution in [2.24, 2.45) is 5.92 Å². The second kappa shape index (κ2) is 10.1. The summed E-state index contributed by atoms with van der Waals surface area (Å²) in [6.07, 6.45) is 7.78. The molecule has 0 bridgehead atoms. The number of carbonyl (C=O) groups excluding carboxylic acids is 1. The van der Waals surface area contributed by atoms with E-state index in [1.165, 1.54) is 29.5 Å². The minimum atomic E-state index is -0.0114. The predicted molar refractivity (Wildman–Crippen MR) is 134 cm³/mol. The zero-order chi connectivity index (χ0) is 23.5. The minimum Gasteiger partial charge on any atom is -0.493 e. The van der Waals surface area contributed by atoms with Gasteiger partial charge in [0.1, 0.15) is 5.75 Å². The van der Waals surface area contributed by atoms with Crippen LogP contribution in [0.4, 0.5) is 0 Å². The van der Waals surface area contributed by atoms with Gasteiger partial charge in [0.25, 0.3) is 5.91 Å². The summed E-state index contributed by atoms with van der Waals surface area (Å²) >= 11 is 0. The molecule has 1 heterocycles. The van der Waals surface area contributed by atoms with Gasteiger partial charge in [-0.1, -0.05) is 18.2 Å². The highest BCUT2D eigenvalue weighted by atomic mass is 16.5. The van der Waals surface area contributed by atoms with E-state index in [9.17, 15) is 4.79 Å². The number of hydrogen-bond acceptors (Lipinski definition) is 4. The number of nitrogens with zero attached hydrogens (tertiary/aromatic N) is 1. The highest BCUT2D eigenvalue weighted by molar-refractivity contribution is 5.94. The van der Waals surface area contributed by atoms with Crippen molar-refractivity contribution in [1.29, 1.82) is 0 Å². The maximum Gasteiger partial charge on any atom is 0.253 e. The van der Waals surface area contributed by atoms with Gasteiger partial charge in [0.05, 0.1) is 12.2 Å². The second-order valence-corrected chi connectivity index (χ2v) is 10.7. The van der Waals surface area contributed by atoms with E-state index in [1.807, 2.05) is 36.2 Å². The van der Waals surface area contributed by atoms with Crippen molar-refractivity contribution in [1.82, 2.24) is 10.2 Å². The lowest BCUT2D eigenvalue weighted by Crippen LogP contribution is -2.40. The Hall–Kier alpha value is -2.37. The van der Waals surface area contributed by atoms with E-state index in [1.54, 1.807) is 0 Å². The van der Waals surface area contributed by atoms with E-state index in [-0.39, 0.29) is 17.6 Å². The maximum atomic E-state index is 13.1. The van der Waals surface area contributed by atoms with Crippen molar-refractivity contribution in [3.8, 4) is 5.75 Å². The molecule has 5 heteroatoms. The van der Waals surface area contributed by atoms with E-state index < -0.39 is 0 Å². The van der Waals surface area contributed by atoms with E-state index in [4.69, 9.17) is 9.47 Å². The molecule has 1 aliphatic heterocycles. The summed E-state index contributed by atoms with van der Waals surface area (Å²) in [4.78, 5) is 15.0. The SMILES string of the molecule is CN(C(=O)c1ccc(OCC2CC2)cc1)C1CCc2cc(CNCC3(C)CCCO3)ccc2C1. The molecular formula is C29H38N2O3. The Labute approximate surface area is 203 Å². The highest BCUT2D eigenvalue weighted by Gasteiger charge is 2.29. The first kappa shape index (κ1) is 23.4. The monoisotopic (exact) mass is 462 g/mol.